The molecule has 0 atom stereocenters. The Kier molecular flexibility index (Phi) is 5.10. The molecule has 0 N–H and O–H groups in total. The highest BCUT2D eigenvalue weighted by Crippen LogP contribution is 2.22. The van der Waals surface area contributed by atoms with Crippen LogP contribution in [0.1, 0.15) is 5.56 Å². The standard InChI is InChI=1S/C16H11Cl2NO2/c1-19(16(20)21-13-5-3-2-4-6-13)10-9-12-7-8-14(17)15(18)11-12/h2-8,11H,1H3. The van der Waals surface area contributed by atoms with E-state index in [4.69, 9.17) is 27.9 Å². The van der Waals surface area contributed by atoms with Crippen molar-refractivity contribution in [1.82, 2.24) is 4.90 Å². The molecule has 0 bridgehead atoms. The fraction of sp³-hybridized carbons (Fsp3) is 0.0625. The fourth-order valence-electron chi connectivity index (χ4n) is 1.43. The van der Waals surface area contributed by atoms with Crippen molar-refractivity contribution in [2.24, 2.45) is 0 Å². The summed E-state index contributed by atoms with van der Waals surface area (Å²) in [4.78, 5) is 13.0. The molecule has 0 saturated carbocycles. The van der Waals surface area contributed by atoms with Crippen LogP contribution in [0.25, 0.3) is 0 Å². The van der Waals surface area contributed by atoms with E-state index in [1.54, 1.807) is 42.5 Å². The normalized spacial score (nSPS) is 9.48. The van der Waals surface area contributed by atoms with E-state index in [-0.39, 0.29) is 0 Å². The summed E-state index contributed by atoms with van der Waals surface area (Å²) in [5, 5.41) is 0.872. The molecule has 0 heterocycles. The number of ether oxygens (including phenoxy) is 1. The van der Waals surface area contributed by atoms with E-state index in [0.717, 1.165) is 4.90 Å². The van der Waals surface area contributed by atoms with Crippen molar-refractivity contribution >= 4 is 29.3 Å². The lowest BCUT2D eigenvalue weighted by Gasteiger charge is -2.09. The first kappa shape index (κ1) is 15.2. The number of carbonyl (C=O) groups is 1. The molecular formula is C16H11Cl2NO2. The number of halogens is 2. The van der Waals surface area contributed by atoms with Gasteiger partial charge >= 0.3 is 6.09 Å². The van der Waals surface area contributed by atoms with Crippen molar-refractivity contribution in [1.29, 1.82) is 0 Å². The smallest absolute Gasteiger partial charge is 0.410 e. The Bertz CT molecular complexity index is 705. The summed E-state index contributed by atoms with van der Waals surface area (Å²) in [5.41, 5.74) is 0.656. The minimum absolute atomic E-state index is 0.415. The molecule has 2 aromatic rings. The molecule has 2 aromatic carbocycles. The maximum Gasteiger partial charge on any atom is 0.426 e. The Labute approximate surface area is 133 Å². The van der Waals surface area contributed by atoms with Gasteiger partial charge in [0.25, 0.3) is 0 Å². The minimum Gasteiger partial charge on any atom is -0.410 e. The molecule has 0 aliphatic heterocycles. The van der Waals surface area contributed by atoms with Gasteiger partial charge in [0.2, 0.25) is 0 Å². The Morgan fingerprint density at radius 3 is 2.48 bits per heavy atom. The predicted molar refractivity (Wildman–Crippen MR) is 83.6 cm³/mol. The third kappa shape index (κ3) is 4.42. The number of benzene rings is 2. The van der Waals surface area contributed by atoms with E-state index in [1.165, 1.54) is 7.05 Å². The van der Waals surface area contributed by atoms with Crippen molar-refractivity contribution in [3.8, 4) is 17.7 Å². The third-order valence-electron chi connectivity index (χ3n) is 2.51. The van der Waals surface area contributed by atoms with Crippen LogP contribution in [-0.4, -0.2) is 18.0 Å². The first-order valence-electron chi connectivity index (χ1n) is 6.03. The number of hydrogen-bond donors (Lipinski definition) is 0. The van der Waals surface area contributed by atoms with Crippen LogP contribution in [0, 0.1) is 12.0 Å². The van der Waals surface area contributed by atoms with Crippen LogP contribution in [0.4, 0.5) is 4.79 Å². The molecule has 0 radical (unpaired) electrons. The predicted octanol–water partition coefficient (Wildman–Crippen LogP) is 4.43. The Morgan fingerprint density at radius 1 is 1.10 bits per heavy atom. The zero-order chi connectivity index (χ0) is 15.2. The average molecular weight is 320 g/mol. The van der Waals surface area contributed by atoms with Crippen molar-refractivity contribution in [2.45, 2.75) is 0 Å². The van der Waals surface area contributed by atoms with E-state index in [1.807, 2.05) is 6.07 Å². The second kappa shape index (κ2) is 7.03. The van der Waals surface area contributed by atoms with Gasteiger partial charge in [0, 0.05) is 18.7 Å². The van der Waals surface area contributed by atoms with Gasteiger partial charge in [-0.05, 0) is 36.3 Å². The lowest BCUT2D eigenvalue weighted by atomic mass is 10.2. The minimum atomic E-state index is -0.561. The number of nitrogens with zero attached hydrogens (tertiary/aromatic N) is 1. The zero-order valence-corrected chi connectivity index (χ0v) is 12.7. The number of hydrogen-bond acceptors (Lipinski definition) is 2. The fourth-order valence-corrected chi connectivity index (χ4v) is 1.72. The van der Waals surface area contributed by atoms with Gasteiger partial charge in [0.15, 0.2) is 0 Å². The van der Waals surface area contributed by atoms with Crippen molar-refractivity contribution < 1.29 is 9.53 Å². The van der Waals surface area contributed by atoms with Crippen LogP contribution in [0.5, 0.6) is 5.75 Å². The second-order valence-corrected chi connectivity index (χ2v) is 4.92. The van der Waals surface area contributed by atoms with Gasteiger partial charge in [-0.3, -0.25) is 0 Å². The van der Waals surface area contributed by atoms with E-state index >= 15 is 0 Å². The first-order valence-corrected chi connectivity index (χ1v) is 6.79. The van der Waals surface area contributed by atoms with Crippen LogP contribution < -0.4 is 4.74 Å². The summed E-state index contributed by atoms with van der Waals surface area (Å²) in [7, 11) is 1.52. The van der Waals surface area contributed by atoms with E-state index in [9.17, 15) is 4.79 Å². The number of para-hydroxylation sites is 1. The van der Waals surface area contributed by atoms with Gasteiger partial charge in [0.05, 0.1) is 10.0 Å². The van der Waals surface area contributed by atoms with Crippen LogP contribution in [0.15, 0.2) is 48.5 Å². The van der Waals surface area contributed by atoms with Crippen molar-refractivity contribution in [3.05, 3.63) is 64.1 Å². The third-order valence-corrected chi connectivity index (χ3v) is 3.25. The lowest BCUT2D eigenvalue weighted by Crippen LogP contribution is -2.25. The molecule has 0 spiro atoms. The molecule has 106 valence electrons. The van der Waals surface area contributed by atoms with Crippen molar-refractivity contribution in [3.63, 3.8) is 0 Å². The summed E-state index contributed by atoms with van der Waals surface area (Å²) in [6.07, 6.45) is -0.561. The molecule has 1 amide bonds. The lowest BCUT2D eigenvalue weighted by molar-refractivity contribution is 0.180. The maximum atomic E-state index is 11.8. The second-order valence-electron chi connectivity index (χ2n) is 4.11. The summed E-state index contributed by atoms with van der Waals surface area (Å²) >= 11 is 11.7. The molecule has 0 aliphatic rings. The Hall–Kier alpha value is -2.15. The summed E-state index contributed by atoms with van der Waals surface area (Å²) in [6.45, 7) is 0. The highest BCUT2D eigenvalue weighted by atomic mass is 35.5. The molecule has 0 aromatic heterocycles. The maximum absolute atomic E-state index is 11.8. The van der Waals surface area contributed by atoms with E-state index in [2.05, 4.69) is 12.0 Å². The largest absolute Gasteiger partial charge is 0.426 e. The Morgan fingerprint density at radius 2 is 1.81 bits per heavy atom. The first-order chi connectivity index (χ1) is 10.1. The molecule has 21 heavy (non-hydrogen) atoms. The van der Waals surface area contributed by atoms with Crippen LogP contribution >= 0.6 is 23.2 Å². The molecule has 2 rings (SSSR count). The van der Waals surface area contributed by atoms with Gasteiger partial charge in [0.1, 0.15) is 5.75 Å². The molecule has 3 nitrogen and oxygen atoms in total. The van der Waals surface area contributed by atoms with Gasteiger partial charge in [-0.1, -0.05) is 41.4 Å². The Balaban J connectivity index is 2.04. The van der Waals surface area contributed by atoms with Crippen LogP contribution in [0.2, 0.25) is 10.0 Å². The molecule has 0 aliphatic carbocycles. The topological polar surface area (TPSA) is 29.5 Å². The van der Waals surface area contributed by atoms with Gasteiger partial charge in [-0.15, -0.1) is 0 Å². The van der Waals surface area contributed by atoms with Gasteiger partial charge < -0.3 is 4.74 Å². The van der Waals surface area contributed by atoms with Crippen molar-refractivity contribution in [2.75, 3.05) is 7.05 Å². The van der Waals surface area contributed by atoms with Crippen LogP contribution in [0.3, 0.4) is 0 Å². The summed E-state index contributed by atoms with van der Waals surface area (Å²) < 4.78 is 5.14. The molecule has 0 fully saturated rings. The SMILES string of the molecule is CN(C#Cc1ccc(Cl)c(Cl)c1)C(=O)Oc1ccccc1. The number of amides is 1. The molecule has 5 heteroatoms. The van der Waals surface area contributed by atoms with Gasteiger partial charge in [-0.2, -0.15) is 0 Å². The van der Waals surface area contributed by atoms with E-state index < -0.39 is 6.09 Å². The van der Waals surface area contributed by atoms with Crippen LogP contribution in [-0.2, 0) is 0 Å². The summed E-state index contributed by atoms with van der Waals surface area (Å²) in [6, 6.07) is 16.5. The number of carbonyl (C=O) groups excluding carboxylic acids is 1. The van der Waals surface area contributed by atoms with Gasteiger partial charge in [-0.25, -0.2) is 9.69 Å². The number of rotatable bonds is 1. The highest BCUT2D eigenvalue weighted by molar-refractivity contribution is 6.42. The quantitative estimate of drug-likeness (QED) is 0.574. The zero-order valence-electron chi connectivity index (χ0n) is 11.1. The highest BCUT2D eigenvalue weighted by Gasteiger charge is 2.08. The monoisotopic (exact) mass is 319 g/mol. The molecule has 0 saturated heterocycles. The average Bonchev–Trinajstić information content (AvgIpc) is 2.49. The summed E-state index contributed by atoms with van der Waals surface area (Å²) in [5.74, 6) is 3.27. The molecular weight excluding hydrogens is 309 g/mol. The van der Waals surface area contributed by atoms with E-state index in [0.29, 0.717) is 21.4 Å². The molecule has 0 unspecified atom stereocenters.